The lowest BCUT2D eigenvalue weighted by atomic mass is 10.0. The summed E-state index contributed by atoms with van der Waals surface area (Å²) in [7, 11) is -0.403. The third kappa shape index (κ3) is 2.29. The Morgan fingerprint density at radius 2 is 2.00 bits per heavy atom. The van der Waals surface area contributed by atoms with Gasteiger partial charge in [-0.15, -0.1) is 0 Å². The number of rotatable bonds is 3. The first-order valence-electron chi connectivity index (χ1n) is 5.96. The molecule has 3 heteroatoms. The van der Waals surface area contributed by atoms with Crippen LogP contribution in [0.25, 0.3) is 0 Å². The summed E-state index contributed by atoms with van der Waals surface area (Å²) in [6, 6.07) is 11.1. The molecule has 0 saturated carbocycles. The van der Waals surface area contributed by atoms with E-state index in [0.717, 1.165) is 6.54 Å². The van der Waals surface area contributed by atoms with Crippen molar-refractivity contribution in [3.63, 3.8) is 0 Å². The maximum atomic E-state index is 6.12. The Hall–Kier alpha value is -0.430. The van der Waals surface area contributed by atoms with Crippen LogP contribution in [-0.4, -0.2) is 23.9 Å². The zero-order chi connectivity index (χ0) is 11.5. The molecule has 1 fully saturated rings. The van der Waals surface area contributed by atoms with Crippen LogP contribution in [0.4, 0.5) is 0 Å². The number of hydrogen-bond donors (Lipinski definition) is 0. The van der Waals surface area contributed by atoms with E-state index in [0.29, 0.717) is 6.04 Å². The van der Waals surface area contributed by atoms with Gasteiger partial charge in [-0.1, -0.05) is 37.3 Å². The van der Waals surface area contributed by atoms with Gasteiger partial charge in [-0.2, -0.15) is 0 Å². The summed E-state index contributed by atoms with van der Waals surface area (Å²) in [5.41, 5.74) is 1.31. The molecule has 0 spiro atoms. The molecule has 2 rings (SSSR count). The maximum Gasteiger partial charge on any atom is 0.104 e. The fourth-order valence-electron chi connectivity index (χ4n) is 2.28. The average molecular weight is 237 g/mol. The van der Waals surface area contributed by atoms with Crippen molar-refractivity contribution >= 4 is 8.30 Å². The summed E-state index contributed by atoms with van der Waals surface area (Å²) >= 11 is 0. The predicted octanol–water partition coefficient (Wildman–Crippen LogP) is 3.80. The van der Waals surface area contributed by atoms with Crippen molar-refractivity contribution < 1.29 is 4.52 Å². The van der Waals surface area contributed by atoms with Gasteiger partial charge in [-0.25, -0.2) is 0 Å². The Labute approximate surface area is 99.5 Å². The van der Waals surface area contributed by atoms with E-state index in [2.05, 4.69) is 55.5 Å². The zero-order valence-corrected chi connectivity index (χ0v) is 11.2. The molecule has 1 saturated heterocycles. The molecule has 3 unspecified atom stereocenters. The first kappa shape index (κ1) is 12.0. The molecule has 1 heterocycles. The Balaban J connectivity index is 2.14. The molecule has 88 valence electrons. The Morgan fingerprint density at radius 1 is 1.31 bits per heavy atom. The highest BCUT2D eigenvalue weighted by Crippen LogP contribution is 2.53. The van der Waals surface area contributed by atoms with Crippen molar-refractivity contribution in [3.8, 4) is 0 Å². The van der Waals surface area contributed by atoms with Crippen molar-refractivity contribution in [3.05, 3.63) is 35.9 Å². The highest BCUT2D eigenvalue weighted by molar-refractivity contribution is 7.49. The van der Waals surface area contributed by atoms with Crippen LogP contribution in [-0.2, 0) is 4.52 Å². The lowest BCUT2D eigenvalue weighted by Crippen LogP contribution is -2.26. The van der Waals surface area contributed by atoms with Crippen molar-refractivity contribution in [2.24, 2.45) is 0 Å². The summed E-state index contributed by atoms with van der Waals surface area (Å²) in [5, 5.41) is 0. The highest BCUT2D eigenvalue weighted by atomic mass is 31.2. The quantitative estimate of drug-likeness (QED) is 0.741. The second-order valence-electron chi connectivity index (χ2n) is 4.30. The van der Waals surface area contributed by atoms with Gasteiger partial charge in [0.15, 0.2) is 0 Å². The fraction of sp³-hybridized carbons (Fsp3) is 0.538. The van der Waals surface area contributed by atoms with E-state index in [1.807, 2.05) is 0 Å². The fourth-order valence-corrected chi connectivity index (χ4v) is 4.14. The summed E-state index contributed by atoms with van der Waals surface area (Å²) in [4.78, 5) is 0. The molecule has 16 heavy (non-hydrogen) atoms. The molecular weight excluding hydrogens is 217 g/mol. The van der Waals surface area contributed by atoms with E-state index in [4.69, 9.17) is 4.52 Å². The van der Waals surface area contributed by atoms with Crippen LogP contribution in [0.5, 0.6) is 0 Å². The standard InChI is InChI=1S/C13H20NOP/c1-4-10-14-11(2)13(15-16(14)3)12-8-6-5-7-9-12/h5-9,11,13H,4,10H2,1-3H3. The minimum absolute atomic E-state index is 0.254. The minimum Gasteiger partial charge on any atom is -0.334 e. The maximum absolute atomic E-state index is 6.12. The average Bonchev–Trinajstić information content (AvgIpc) is 2.59. The summed E-state index contributed by atoms with van der Waals surface area (Å²) in [5.74, 6) is 0. The van der Waals surface area contributed by atoms with Gasteiger partial charge in [0.25, 0.3) is 0 Å². The van der Waals surface area contributed by atoms with E-state index in [1.54, 1.807) is 0 Å². The molecular formula is C13H20NOP. The summed E-state index contributed by atoms with van der Waals surface area (Å²) in [6.45, 7) is 7.86. The van der Waals surface area contributed by atoms with Crippen LogP contribution in [0.15, 0.2) is 30.3 Å². The second kappa shape index (κ2) is 5.27. The zero-order valence-electron chi connectivity index (χ0n) is 10.3. The molecule has 1 aromatic carbocycles. The largest absolute Gasteiger partial charge is 0.334 e. The normalized spacial score (nSPS) is 30.8. The summed E-state index contributed by atoms with van der Waals surface area (Å²) in [6.07, 6.45) is 1.45. The summed E-state index contributed by atoms with van der Waals surface area (Å²) < 4.78 is 8.62. The number of benzene rings is 1. The molecule has 1 aromatic rings. The first-order valence-corrected chi connectivity index (χ1v) is 7.62. The van der Waals surface area contributed by atoms with E-state index in [-0.39, 0.29) is 6.10 Å². The highest BCUT2D eigenvalue weighted by Gasteiger charge is 2.37. The molecule has 0 aliphatic carbocycles. The molecule has 0 bridgehead atoms. The van der Waals surface area contributed by atoms with Gasteiger partial charge >= 0.3 is 0 Å². The number of nitrogens with zero attached hydrogens (tertiary/aromatic N) is 1. The van der Waals surface area contributed by atoms with Gasteiger partial charge in [-0.3, -0.25) is 4.67 Å². The van der Waals surface area contributed by atoms with E-state index in [9.17, 15) is 0 Å². The lowest BCUT2D eigenvalue weighted by molar-refractivity contribution is 0.210. The van der Waals surface area contributed by atoms with Gasteiger partial charge in [0.1, 0.15) is 14.4 Å². The van der Waals surface area contributed by atoms with E-state index >= 15 is 0 Å². The first-order chi connectivity index (χ1) is 7.74. The SMILES string of the molecule is CCCN1C(C)C(c2ccccc2)OP1C. The Bertz CT molecular complexity index is 330. The van der Waals surface area contributed by atoms with E-state index in [1.165, 1.54) is 12.0 Å². The predicted molar refractivity (Wildman–Crippen MR) is 69.6 cm³/mol. The van der Waals surface area contributed by atoms with E-state index < -0.39 is 8.30 Å². The monoisotopic (exact) mass is 237 g/mol. The van der Waals surface area contributed by atoms with Crippen LogP contribution in [0.2, 0.25) is 0 Å². The van der Waals surface area contributed by atoms with Gasteiger partial charge in [0.2, 0.25) is 0 Å². The van der Waals surface area contributed by atoms with Gasteiger partial charge in [0.05, 0.1) is 0 Å². The molecule has 0 radical (unpaired) electrons. The Kier molecular flexibility index (Phi) is 3.96. The smallest absolute Gasteiger partial charge is 0.104 e. The second-order valence-corrected chi connectivity index (χ2v) is 5.96. The number of hydrogen-bond acceptors (Lipinski definition) is 2. The third-order valence-corrected chi connectivity index (χ3v) is 4.94. The van der Waals surface area contributed by atoms with Gasteiger partial charge < -0.3 is 4.52 Å². The Morgan fingerprint density at radius 3 is 2.62 bits per heavy atom. The van der Waals surface area contributed by atoms with Crippen LogP contribution < -0.4 is 0 Å². The van der Waals surface area contributed by atoms with Crippen molar-refractivity contribution in [2.75, 3.05) is 13.2 Å². The molecule has 1 aliphatic rings. The van der Waals surface area contributed by atoms with Crippen LogP contribution >= 0.6 is 8.30 Å². The lowest BCUT2D eigenvalue weighted by Gasteiger charge is -2.23. The third-order valence-electron chi connectivity index (χ3n) is 3.12. The van der Waals surface area contributed by atoms with Crippen LogP contribution in [0.3, 0.4) is 0 Å². The molecule has 2 nitrogen and oxygen atoms in total. The van der Waals surface area contributed by atoms with Crippen molar-refractivity contribution in [2.45, 2.75) is 32.4 Å². The molecule has 0 amide bonds. The van der Waals surface area contributed by atoms with Crippen molar-refractivity contribution in [1.29, 1.82) is 0 Å². The van der Waals surface area contributed by atoms with Gasteiger partial charge in [-0.05, 0) is 25.6 Å². The van der Waals surface area contributed by atoms with Crippen LogP contribution in [0.1, 0.15) is 31.9 Å². The topological polar surface area (TPSA) is 12.5 Å². The molecule has 3 atom stereocenters. The minimum atomic E-state index is -0.403. The molecule has 0 aromatic heterocycles. The van der Waals surface area contributed by atoms with Crippen molar-refractivity contribution in [1.82, 2.24) is 4.67 Å². The van der Waals surface area contributed by atoms with Crippen LogP contribution in [0, 0.1) is 0 Å². The van der Waals surface area contributed by atoms with Gasteiger partial charge in [0, 0.05) is 12.6 Å². The molecule has 0 N–H and O–H groups in total. The molecule has 1 aliphatic heterocycles.